The maximum atomic E-state index is 6.37. The van der Waals surface area contributed by atoms with Crippen LogP contribution in [0.1, 0.15) is 25.0 Å². The first kappa shape index (κ1) is 23.5. The minimum Gasteiger partial charge on any atom is -0.493 e. The molecule has 2 fully saturated rings. The SMILES string of the molecule is COc1cc(Br)c(CO[C@@H]2[C@H]3OC(C)(C)O[C@H]3O[C@@H]2CNCc2ccccc2)cc1OC. The molecule has 0 saturated carbocycles. The minimum absolute atomic E-state index is 0.205. The van der Waals surface area contributed by atoms with Crippen molar-refractivity contribution in [3.8, 4) is 11.5 Å². The number of rotatable bonds is 9. The molecular weight excluding hydrogens is 478 g/mol. The third-order valence-corrected chi connectivity index (χ3v) is 6.33. The van der Waals surface area contributed by atoms with Crippen LogP contribution in [-0.2, 0) is 32.1 Å². The number of hydrogen-bond acceptors (Lipinski definition) is 7. The molecule has 7 nitrogen and oxygen atoms in total. The van der Waals surface area contributed by atoms with Gasteiger partial charge in [0.25, 0.3) is 0 Å². The van der Waals surface area contributed by atoms with Gasteiger partial charge in [-0.25, -0.2) is 0 Å². The van der Waals surface area contributed by atoms with Crippen LogP contribution in [0.5, 0.6) is 11.5 Å². The van der Waals surface area contributed by atoms with E-state index < -0.39 is 12.1 Å². The van der Waals surface area contributed by atoms with Crippen molar-refractivity contribution < 1.29 is 28.4 Å². The zero-order valence-corrected chi connectivity index (χ0v) is 20.4. The highest BCUT2D eigenvalue weighted by molar-refractivity contribution is 9.10. The van der Waals surface area contributed by atoms with Crippen molar-refractivity contribution in [2.24, 2.45) is 0 Å². The van der Waals surface area contributed by atoms with Crippen LogP contribution in [0.15, 0.2) is 46.9 Å². The largest absolute Gasteiger partial charge is 0.493 e. The molecule has 2 heterocycles. The summed E-state index contributed by atoms with van der Waals surface area (Å²) in [6.07, 6.45) is -1.24. The lowest BCUT2D eigenvalue weighted by Crippen LogP contribution is -2.41. The molecule has 8 heteroatoms. The zero-order chi connectivity index (χ0) is 22.7. The van der Waals surface area contributed by atoms with Gasteiger partial charge < -0.3 is 33.7 Å². The Morgan fingerprint density at radius 1 is 1.03 bits per heavy atom. The summed E-state index contributed by atoms with van der Waals surface area (Å²) >= 11 is 3.60. The van der Waals surface area contributed by atoms with Gasteiger partial charge in [0.15, 0.2) is 23.6 Å². The number of fused-ring (bicyclic) bond motifs is 1. The summed E-state index contributed by atoms with van der Waals surface area (Å²) in [5.74, 6) is 0.602. The number of hydrogen-bond donors (Lipinski definition) is 1. The van der Waals surface area contributed by atoms with Crippen LogP contribution in [0.2, 0.25) is 0 Å². The molecule has 0 aliphatic carbocycles. The molecule has 0 spiro atoms. The molecule has 0 unspecified atom stereocenters. The summed E-state index contributed by atoms with van der Waals surface area (Å²) < 4.78 is 36.3. The molecule has 0 amide bonds. The van der Waals surface area contributed by atoms with Crippen LogP contribution >= 0.6 is 15.9 Å². The van der Waals surface area contributed by atoms with Gasteiger partial charge in [0.2, 0.25) is 0 Å². The van der Waals surface area contributed by atoms with Crippen LogP contribution < -0.4 is 14.8 Å². The Morgan fingerprint density at radius 2 is 1.75 bits per heavy atom. The van der Waals surface area contributed by atoms with E-state index in [0.717, 1.165) is 16.6 Å². The third kappa shape index (κ3) is 5.27. The highest BCUT2D eigenvalue weighted by Gasteiger charge is 2.55. The van der Waals surface area contributed by atoms with Crippen molar-refractivity contribution in [3.05, 3.63) is 58.1 Å². The molecule has 2 aliphatic rings. The molecule has 4 atom stereocenters. The molecule has 0 bridgehead atoms. The molecule has 0 radical (unpaired) electrons. The van der Waals surface area contributed by atoms with Crippen LogP contribution in [0.4, 0.5) is 0 Å². The lowest BCUT2D eigenvalue weighted by Gasteiger charge is -2.26. The third-order valence-electron chi connectivity index (χ3n) is 5.59. The Labute approximate surface area is 197 Å². The topological polar surface area (TPSA) is 67.4 Å². The number of benzene rings is 2. The first-order valence-electron chi connectivity index (χ1n) is 10.7. The van der Waals surface area contributed by atoms with E-state index >= 15 is 0 Å². The Morgan fingerprint density at radius 3 is 2.47 bits per heavy atom. The maximum absolute atomic E-state index is 6.37. The summed E-state index contributed by atoms with van der Waals surface area (Å²) in [5, 5.41) is 3.46. The van der Waals surface area contributed by atoms with Gasteiger partial charge in [-0.3, -0.25) is 0 Å². The van der Waals surface area contributed by atoms with E-state index in [1.807, 2.05) is 44.2 Å². The molecule has 2 aromatic carbocycles. The fourth-order valence-corrected chi connectivity index (χ4v) is 4.50. The number of nitrogens with one attached hydrogen (secondary N) is 1. The number of ether oxygens (including phenoxy) is 6. The van der Waals surface area contributed by atoms with Crippen molar-refractivity contribution in [2.45, 2.75) is 57.4 Å². The average molecular weight is 508 g/mol. The highest BCUT2D eigenvalue weighted by atomic mass is 79.9. The van der Waals surface area contributed by atoms with Crippen LogP contribution in [0.25, 0.3) is 0 Å². The zero-order valence-electron chi connectivity index (χ0n) is 18.8. The van der Waals surface area contributed by atoms with Gasteiger partial charge in [0.05, 0.1) is 20.8 Å². The molecule has 1 N–H and O–H groups in total. The monoisotopic (exact) mass is 507 g/mol. The van der Waals surface area contributed by atoms with Crippen molar-refractivity contribution >= 4 is 15.9 Å². The summed E-state index contributed by atoms with van der Waals surface area (Å²) in [7, 11) is 3.23. The average Bonchev–Trinajstić information content (AvgIpc) is 3.24. The maximum Gasteiger partial charge on any atom is 0.190 e. The van der Waals surface area contributed by atoms with E-state index in [-0.39, 0.29) is 18.3 Å². The summed E-state index contributed by atoms with van der Waals surface area (Å²) in [6, 6.07) is 14.0. The van der Waals surface area contributed by atoms with E-state index in [2.05, 4.69) is 33.4 Å². The van der Waals surface area contributed by atoms with E-state index in [1.54, 1.807) is 14.2 Å². The number of halogens is 1. The van der Waals surface area contributed by atoms with Gasteiger partial charge in [-0.05, 0) is 37.1 Å². The predicted molar refractivity (Wildman–Crippen MR) is 123 cm³/mol. The van der Waals surface area contributed by atoms with E-state index in [9.17, 15) is 0 Å². The minimum atomic E-state index is -0.705. The van der Waals surface area contributed by atoms with Gasteiger partial charge in [-0.2, -0.15) is 0 Å². The van der Waals surface area contributed by atoms with E-state index in [4.69, 9.17) is 28.4 Å². The highest BCUT2D eigenvalue weighted by Crippen LogP contribution is 2.40. The predicted octanol–water partition coefficient (Wildman–Crippen LogP) is 4.02. The van der Waals surface area contributed by atoms with Crippen LogP contribution in [-0.4, -0.2) is 51.2 Å². The van der Waals surface area contributed by atoms with Crippen molar-refractivity contribution in [2.75, 3.05) is 20.8 Å². The lowest BCUT2D eigenvalue weighted by atomic mass is 10.1. The normalized spacial score (nSPS) is 26.2. The van der Waals surface area contributed by atoms with Crippen LogP contribution in [0.3, 0.4) is 0 Å². The second-order valence-electron chi connectivity index (χ2n) is 8.33. The quantitative estimate of drug-likeness (QED) is 0.549. The van der Waals surface area contributed by atoms with Gasteiger partial charge >= 0.3 is 0 Å². The Kier molecular flexibility index (Phi) is 7.39. The van der Waals surface area contributed by atoms with Gasteiger partial charge in [0.1, 0.15) is 18.3 Å². The first-order valence-corrected chi connectivity index (χ1v) is 11.5. The lowest BCUT2D eigenvalue weighted by molar-refractivity contribution is -0.218. The number of methoxy groups -OCH3 is 2. The van der Waals surface area contributed by atoms with Crippen LogP contribution in [0, 0.1) is 0 Å². The van der Waals surface area contributed by atoms with Gasteiger partial charge in [-0.15, -0.1) is 0 Å². The summed E-state index contributed by atoms with van der Waals surface area (Å²) in [4.78, 5) is 0. The smallest absolute Gasteiger partial charge is 0.190 e. The van der Waals surface area contributed by atoms with Gasteiger partial charge in [0, 0.05) is 17.6 Å². The second kappa shape index (κ2) is 10.1. The van der Waals surface area contributed by atoms with E-state index in [1.165, 1.54) is 5.56 Å². The Hall–Kier alpha value is -1.68. The summed E-state index contributed by atoms with van der Waals surface area (Å²) in [5.41, 5.74) is 2.16. The fourth-order valence-electron chi connectivity index (χ4n) is 4.06. The molecule has 174 valence electrons. The second-order valence-corrected chi connectivity index (χ2v) is 9.19. The Bertz CT molecular complexity index is 909. The molecule has 2 saturated heterocycles. The van der Waals surface area contributed by atoms with E-state index in [0.29, 0.717) is 24.7 Å². The fraction of sp³-hybridized carbons (Fsp3) is 0.500. The molecule has 4 rings (SSSR count). The molecular formula is C24H30BrNO6. The molecule has 2 aliphatic heterocycles. The molecule has 32 heavy (non-hydrogen) atoms. The first-order chi connectivity index (χ1) is 15.4. The van der Waals surface area contributed by atoms with Crippen molar-refractivity contribution in [3.63, 3.8) is 0 Å². The van der Waals surface area contributed by atoms with Crippen molar-refractivity contribution in [1.82, 2.24) is 5.32 Å². The molecule has 2 aromatic rings. The Balaban J connectivity index is 1.44. The standard InChI is InChI=1S/C24H30BrNO6/c1-24(2)31-22-21(29-14-16-10-18(27-3)19(28-4)11-17(16)25)20(30-23(22)32-24)13-26-12-15-8-6-5-7-9-15/h5-11,20-23,26H,12-14H2,1-4H3/t20-,21+,22-,23-/m1/s1. The molecule has 0 aromatic heterocycles. The summed E-state index contributed by atoms with van der Waals surface area (Å²) in [6.45, 7) is 5.50. The van der Waals surface area contributed by atoms with Crippen molar-refractivity contribution in [1.29, 1.82) is 0 Å². The van der Waals surface area contributed by atoms with Gasteiger partial charge in [-0.1, -0.05) is 46.3 Å².